The van der Waals surface area contributed by atoms with E-state index in [0.29, 0.717) is 12.2 Å². The van der Waals surface area contributed by atoms with Gasteiger partial charge in [-0.2, -0.15) is 0 Å². The molecule has 1 aliphatic rings. The lowest BCUT2D eigenvalue weighted by Gasteiger charge is -2.18. The molecule has 0 aromatic heterocycles. The summed E-state index contributed by atoms with van der Waals surface area (Å²) in [5.41, 5.74) is 2.56. The van der Waals surface area contributed by atoms with Gasteiger partial charge in [0.1, 0.15) is 0 Å². The molecule has 3 rings (SSSR count). The van der Waals surface area contributed by atoms with Crippen molar-refractivity contribution in [3.63, 3.8) is 0 Å². The van der Waals surface area contributed by atoms with Crippen LogP contribution in [0.15, 0.2) is 53.4 Å². The molecule has 7 heteroatoms. The molecular formula is C15H15N3O3S. The minimum atomic E-state index is -3.73. The Bertz CT molecular complexity index is 816. The van der Waals surface area contributed by atoms with Crippen molar-refractivity contribution in [3.05, 3.63) is 54.1 Å². The van der Waals surface area contributed by atoms with E-state index >= 15 is 0 Å². The molecule has 2 aromatic carbocycles. The third-order valence-electron chi connectivity index (χ3n) is 3.57. The Balaban J connectivity index is 1.76. The molecule has 114 valence electrons. The normalized spacial score (nSPS) is 13.8. The van der Waals surface area contributed by atoms with Gasteiger partial charge >= 0.3 is 6.03 Å². The standard InChI is InChI=1S/C15H15N3O3S/c16-22(20,21)13-7-5-12(6-8-13)17-15(19)18-10-9-11-3-1-2-4-14(11)18/h1-8H,9-10H2,(H,17,19)(H2,16,20,21). The van der Waals surface area contributed by atoms with Gasteiger partial charge in [0.2, 0.25) is 10.0 Å². The van der Waals surface area contributed by atoms with Crippen molar-refractivity contribution in [1.82, 2.24) is 0 Å². The van der Waals surface area contributed by atoms with Crippen LogP contribution in [0.3, 0.4) is 0 Å². The van der Waals surface area contributed by atoms with E-state index in [9.17, 15) is 13.2 Å². The second kappa shape index (κ2) is 5.43. The molecule has 0 radical (unpaired) electrons. The Labute approximate surface area is 128 Å². The lowest BCUT2D eigenvalue weighted by atomic mass is 10.2. The Hall–Kier alpha value is -2.38. The highest BCUT2D eigenvalue weighted by atomic mass is 32.2. The summed E-state index contributed by atoms with van der Waals surface area (Å²) in [7, 11) is -3.73. The minimum absolute atomic E-state index is 0.0111. The summed E-state index contributed by atoms with van der Waals surface area (Å²) in [6.07, 6.45) is 0.827. The predicted octanol–water partition coefficient (Wildman–Crippen LogP) is 1.93. The van der Waals surface area contributed by atoms with Gasteiger partial charge in [-0.1, -0.05) is 18.2 Å². The average molecular weight is 317 g/mol. The van der Waals surface area contributed by atoms with Crippen LogP contribution in [0.5, 0.6) is 0 Å². The average Bonchev–Trinajstić information content (AvgIpc) is 2.91. The van der Waals surface area contributed by atoms with E-state index in [0.717, 1.165) is 17.7 Å². The van der Waals surface area contributed by atoms with E-state index in [4.69, 9.17) is 5.14 Å². The quantitative estimate of drug-likeness (QED) is 0.886. The van der Waals surface area contributed by atoms with Crippen LogP contribution in [-0.2, 0) is 16.4 Å². The highest BCUT2D eigenvalue weighted by Crippen LogP contribution is 2.28. The Morgan fingerprint density at radius 3 is 2.45 bits per heavy atom. The summed E-state index contributed by atoms with van der Waals surface area (Å²) >= 11 is 0. The Kier molecular flexibility index (Phi) is 3.59. The number of benzene rings is 2. The van der Waals surface area contributed by atoms with Gasteiger partial charge in [0.25, 0.3) is 0 Å². The maximum atomic E-state index is 12.3. The zero-order valence-electron chi connectivity index (χ0n) is 11.7. The molecule has 2 aromatic rings. The number of nitrogens with zero attached hydrogens (tertiary/aromatic N) is 1. The number of sulfonamides is 1. The SMILES string of the molecule is NS(=O)(=O)c1ccc(NC(=O)N2CCc3ccccc32)cc1. The first-order chi connectivity index (χ1) is 10.4. The molecule has 1 heterocycles. The van der Waals surface area contributed by atoms with Crippen molar-refractivity contribution < 1.29 is 13.2 Å². The van der Waals surface area contributed by atoms with Gasteiger partial charge in [-0.15, -0.1) is 0 Å². The number of nitrogens with two attached hydrogens (primary N) is 1. The maximum Gasteiger partial charge on any atom is 0.326 e. The summed E-state index contributed by atoms with van der Waals surface area (Å²) in [5.74, 6) is 0. The van der Waals surface area contributed by atoms with Crippen molar-refractivity contribution in [2.75, 3.05) is 16.8 Å². The molecular weight excluding hydrogens is 302 g/mol. The second-order valence-electron chi connectivity index (χ2n) is 5.03. The number of anilines is 2. The van der Waals surface area contributed by atoms with Gasteiger partial charge in [0.05, 0.1) is 4.90 Å². The first-order valence-corrected chi connectivity index (χ1v) is 8.29. The summed E-state index contributed by atoms with van der Waals surface area (Å²) < 4.78 is 22.4. The van der Waals surface area contributed by atoms with Gasteiger partial charge < -0.3 is 5.32 Å². The Morgan fingerprint density at radius 1 is 1.09 bits per heavy atom. The molecule has 2 amide bonds. The van der Waals surface area contributed by atoms with Crippen molar-refractivity contribution in [2.24, 2.45) is 5.14 Å². The molecule has 0 saturated heterocycles. The molecule has 0 fully saturated rings. The third-order valence-corrected chi connectivity index (χ3v) is 4.50. The fourth-order valence-electron chi connectivity index (χ4n) is 2.47. The molecule has 6 nitrogen and oxygen atoms in total. The van der Waals surface area contributed by atoms with Gasteiger partial charge in [0.15, 0.2) is 0 Å². The zero-order valence-corrected chi connectivity index (χ0v) is 12.5. The molecule has 0 bridgehead atoms. The first-order valence-electron chi connectivity index (χ1n) is 6.74. The van der Waals surface area contributed by atoms with E-state index in [1.165, 1.54) is 24.3 Å². The summed E-state index contributed by atoms with van der Waals surface area (Å²) in [6, 6.07) is 13.3. The van der Waals surface area contributed by atoms with Crippen molar-refractivity contribution in [2.45, 2.75) is 11.3 Å². The number of nitrogens with one attached hydrogen (secondary N) is 1. The number of carbonyl (C=O) groups excluding carboxylic acids is 1. The number of carbonyl (C=O) groups is 1. The number of amides is 2. The van der Waals surface area contributed by atoms with Crippen LogP contribution in [0, 0.1) is 0 Å². The minimum Gasteiger partial charge on any atom is -0.308 e. The molecule has 0 atom stereocenters. The largest absolute Gasteiger partial charge is 0.326 e. The number of primary sulfonamides is 1. The van der Waals surface area contributed by atoms with Gasteiger partial charge in [-0.3, -0.25) is 4.90 Å². The smallest absolute Gasteiger partial charge is 0.308 e. The number of hydrogen-bond acceptors (Lipinski definition) is 3. The lowest BCUT2D eigenvalue weighted by molar-refractivity contribution is 0.257. The number of urea groups is 1. The van der Waals surface area contributed by atoms with Crippen LogP contribution in [-0.4, -0.2) is 21.0 Å². The molecule has 0 unspecified atom stereocenters. The molecule has 3 N–H and O–H groups in total. The fourth-order valence-corrected chi connectivity index (χ4v) is 2.98. The summed E-state index contributed by atoms with van der Waals surface area (Å²) in [6.45, 7) is 0.625. The summed E-state index contributed by atoms with van der Waals surface area (Å²) in [4.78, 5) is 14.0. The van der Waals surface area contributed by atoms with E-state index in [-0.39, 0.29) is 10.9 Å². The number of rotatable bonds is 2. The van der Waals surface area contributed by atoms with Crippen LogP contribution in [0.25, 0.3) is 0 Å². The predicted molar refractivity (Wildman–Crippen MR) is 84.3 cm³/mol. The van der Waals surface area contributed by atoms with Gasteiger partial charge in [-0.05, 0) is 42.3 Å². The van der Waals surface area contributed by atoms with Crippen molar-refractivity contribution >= 4 is 27.4 Å². The lowest BCUT2D eigenvalue weighted by Crippen LogP contribution is -2.33. The van der Waals surface area contributed by atoms with Crippen molar-refractivity contribution in [3.8, 4) is 0 Å². The van der Waals surface area contributed by atoms with E-state index < -0.39 is 10.0 Å². The number of fused-ring (bicyclic) bond motifs is 1. The Morgan fingerprint density at radius 2 is 1.77 bits per heavy atom. The molecule has 0 aliphatic carbocycles. The third kappa shape index (κ3) is 2.81. The second-order valence-corrected chi connectivity index (χ2v) is 6.59. The van der Waals surface area contributed by atoms with Crippen LogP contribution >= 0.6 is 0 Å². The van der Waals surface area contributed by atoms with E-state index in [2.05, 4.69) is 5.32 Å². The molecule has 0 spiro atoms. The van der Waals surface area contributed by atoms with Crippen LogP contribution < -0.4 is 15.4 Å². The zero-order chi connectivity index (χ0) is 15.7. The maximum absolute atomic E-state index is 12.3. The van der Waals surface area contributed by atoms with Gasteiger partial charge in [0, 0.05) is 17.9 Å². The fraction of sp³-hybridized carbons (Fsp3) is 0.133. The highest BCUT2D eigenvalue weighted by Gasteiger charge is 2.24. The van der Waals surface area contributed by atoms with E-state index in [1.807, 2.05) is 24.3 Å². The summed E-state index contributed by atoms with van der Waals surface area (Å²) in [5, 5.41) is 7.79. The van der Waals surface area contributed by atoms with Crippen LogP contribution in [0.1, 0.15) is 5.56 Å². The van der Waals surface area contributed by atoms with Crippen LogP contribution in [0.2, 0.25) is 0 Å². The monoisotopic (exact) mass is 317 g/mol. The van der Waals surface area contributed by atoms with Crippen LogP contribution in [0.4, 0.5) is 16.2 Å². The first kappa shape index (κ1) is 14.6. The van der Waals surface area contributed by atoms with Gasteiger partial charge in [-0.25, -0.2) is 18.4 Å². The molecule has 0 saturated carbocycles. The number of hydrogen-bond donors (Lipinski definition) is 2. The molecule has 22 heavy (non-hydrogen) atoms. The van der Waals surface area contributed by atoms with Crippen molar-refractivity contribution in [1.29, 1.82) is 0 Å². The number of para-hydroxylation sites is 1. The van der Waals surface area contributed by atoms with E-state index in [1.54, 1.807) is 4.90 Å². The highest BCUT2D eigenvalue weighted by molar-refractivity contribution is 7.89. The topological polar surface area (TPSA) is 92.5 Å². The molecule has 1 aliphatic heterocycles.